The van der Waals surface area contributed by atoms with E-state index in [2.05, 4.69) is 5.10 Å². The summed E-state index contributed by atoms with van der Waals surface area (Å²) in [4.78, 5) is 0. The van der Waals surface area contributed by atoms with E-state index in [9.17, 15) is 8.78 Å². The van der Waals surface area contributed by atoms with E-state index in [-0.39, 0.29) is 18.9 Å². The first kappa shape index (κ1) is 8.34. The second kappa shape index (κ2) is 2.61. The molecule has 0 unspecified atom stereocenters. The van der Waals surface area contributed by atoms with Crippen LogP contribution in [0.15, 0.2) is 12.4 Å². The molecule has 1 aromatic heterocycles. The second-order valence-corrected chi connectivity index (χ2v) is 3.32. The van der Waals surface area contributed by atoms with Gasteiger partial charge in [-0.05, 0) is 0 Å². The highest BCUT2D eigenvalue weighted by Gasteiger charge is 2.46. The van der Waals surface area contributed by atoms with Gasteiger partial charge in [-0.15, -0.1) is 0 Å². The van der Waals surface area contributed by atoms with E-state index in [1.165, 1.54) is 10.9 Å². The summed E-state index contributed by atoms with van der Waals surface area (Å²) in [6, 6.07) is -0.191. The van der Waals surface area contributed by atoms with E-state index >= 15 is 0 Å². The molecule has 2 rings (SSSR count). The molecule has 1 fully saturated rings. The average molecular weight is 185 g/mol. The Morgan fingerprint density at radius 3 is 2.77 bits per heavy atom. The van der Waals surface area contributed by atoms with Crippen molar-refractivity contribution in [1.82, 2.24) is 9.78 Å². The van der Waals surface area contributed by atoms with E-state index in [0.29, 0.717) is 5.56 Å². The Balaban J connectivity index is 2.07. The first-order valence-corrected chi connectivity index (χ1v) is 4.03. The molecule has 0 spiro atoms. The molecule has 0 aliphatic heterocycles. The molecule has 1 heterocycles. The monoisotopic (exact) mass is 185 g/mol. The molecule has 13 heavy (non-hydrogen) atoms. The van der Waals surface area contributed by atoms with Crippen LogP contribution in [0.25, 0.3) is 0 Å². The summed E-state index contributed by atoms with van der Waals surface area (Å²) in [5.74, 6) is -2.51. The van der Waals surface area contributed by atoms with Gasteiger partial charge in [-0.25, -0.2) is 8.78 Å². The number of halogens is 2. The molecule has 0 atom stereocenters. The van der Waals surface area contributed by atoms with Crippen molar-refractivity contribution in [3.8, 4) is 0 Å². The molecule has 70 valence electrons. The largest absolute Gasteiger partial charge is 0.308 e. The zero-order chi connectivity index (χ0) is 9.47. The Morgan fingerprint density at radius 1 is 1.62 bits per heavy atom. The Hall–Kier alpha value is -1.26. The molecule has 3 nitrogen and oxygen atoms in total. The summed E-state index contributed by atoms with van der Waals surface area (Å²) in [6.07, 6.45) is 4.01. The third-order valence-electron chi connectivity index (χ3n) is 2.23. The molecule has 0 amide bonds. The maximum Gasteiger partial charge on any atom is 0.252 e. The fraction of sp³-hybridized carbons (Fsp3) is 0.500. The van der Waals surface area contributed by atoms with Gasteiger partial charge < -0.3 is 5.41 Å². The van der Waals surface area contributed by atoms with Crippen LogP contribution in [-0.2, 0) is 0 Å². The molecule has 1 N–H and O–H groups in total. The fourth-order valence-corrected chi connectivity index (χ4v) is 1.44. The van der Waals surface area contributed by atoms with E-state index in [4.69, 9.17) is 5.41 Å². The zero-order valence-corrected chi connectivity index (χ0v) is 6.87. The number of alkyl halides is 2. The maximum absolute atomic E-state index is 12.5. The molecular weight excluding hydrogens is 176 g/mol. The van der Waals surface area contributed by atoms with Gasteiger partial charge in [0.25, 0.3) is 5.92 Å². The van der Waals surface area contributed by atoms with Crippen molar-refractivity contribution in [2.75, 3.05) is 0 Å². The number of aromatic nitrogens is 2. The predicted octanol–water partition coefficient (Wildman–Crippen LogP) is 1.85. The van der Waals surface area contributed by atoms with Crippen LogP contribution in [0.4, 0.5) is 8.78 Å². The highest BCUT2D eigenvalue weighted by atomic mass is 19.3. The third-order valence-corrected chi connectivity index (χ3v) is 2.23. The zero-order valence-electron chi connectivity index (χ0n) is 6.87. The van der Waals surface area contributed by atoms with Crippen molar-refractivity contribution in [2.45, 2.75) is 24.8 Å². The molecule has 0 bridgehead atoms. The Labute approximate surface area is 73.9 Å². The summed E-state index contributed by atoms with van der Waals surface area (Å²) in [6.45, 7) is 0. The lowest BCUT2D eigenvalue weighted by atomic mass is 9.88. The van der Waals surface area contributed by atoms with Gasteiger partial charge in [0.1, 0.15) is 0 Å². The quantitative estimate of drug-likeness (QED) is 0.702. The molecule has 1 aromatic rings. The van der Waals surface area contributed by atoms with E-state index in [1.807, 2.05) is 0 Å². The number of hydrogen-bond donors (Lipinski definition) is 1. The van der Waals surface area contributed by atoms with E-state index in [1.54, 1.807) is 6.20 Å². The highest BCUT2D eigenvalue weighted by Crippen LogP contribution is 2.44. The highest BCUT2D eigenvalue weighted by molar-refractivity contribution is 5.75. The van der Waals surface area contributed by atoms with Gasteiger partial charge in [0.2, 0.25) is 0 Å². The Kier molecular flexibility index (Phi) is 1.68. The third kappa shape index (κ3) is 1.46. The van der Waals surface area contributed by atoms with Gasteiger partial charge in [0, 0.05) is 30.8 Å². The lowest BCUT2D eigenvalue weighted by Gasteiger charge is -2.34. The minimum atomic E-state index is -2.51. The van der Waals surface area contributed by atoms with Gasteiger partial charge in [0.15, 0.2) is 0 Å². The van der Waals surface area contributed by atoms with Crippen LogP contribution in [0.2, 0.25) is 0 Å². The topological polar surface area (TPSA) is 41.7 Å². The summed E-state index contributed by atoms with van der Waals surface area (Å²) < 4.78 is 26.5. The van der Waals surface area contributed by atoms with E-state index < -0.39 is 5.92 Å². The number of nitrogens with one attached hydrogen (secondary N) is 1. The first-order chi connectivity index (χ1) is 6.11. The molecule has 1 aliphatic rings. The van der Waals surface area contributed by atoms with Crippen molar-refractivity contribution in [3.05, 3.63) is 18.0 Å². The fourth-order valence-electron chi connectivity index (χ4n) is 1.44. The van der Waals surface area contributed by atoms with E-state index in [0.717, 1.165) is 6.21 Å². The van der Waals surface area contributed by atoms with Gasteiger partial charge in [-0.3, -0.25) is 4.68 Å². The minimum absolute atomic E-state index is 0.133. The Morgan fingerprint density at radius 2 is 2.31 bits per heavy atom. The molecule has 5 heteroatoms. The first-order valence-electron chi connectivity index (χ1n) is 4.03. The standard InChI is InChI=1S/C8H9F2N3/c9-8(10)1-7(2-8)13-5-6(3-11)4-12-13/h3-5,7,11H,1-2H2. The van der Waals surface area contributed by atoms with Crippen molar-refractivity contribution in [1.29, 1.82) is 5.41 Å². The van der Waals surface area contributed by atoms with Crippen LogP contribution in [0.1, 0.15) is 24.4 Å². The van der Waals surface area contributed by atoms with Crippen LogP contribution in [0.3, 0.4) is 0 Å². The van der Waals surface area contributed by atoms with Crippen LogP contribution >= 0.6 is 0 Å². The lowest BCUT2D eigenvalue weighted by molar-refractivity contribution is -0.106. The van der Waals surface area contributed by atoms with Gasteiger partial charge in [-0.2, -0.15) is 5.10 Å². The van der Waals surface area contributed by atoms with Crippen LogP contribution in [-0.4, -0.2) is 21.9 Å². The molecule has 1 aliphatic carbocycles. The lowest BCUT2D eigenvalue weighted by Crippen LogP contribution is -2.37. The van der Waals surface area contributed by atoms with Crippen molar-refractivity contribution >= 4 is 6.21 Å². The SMILES string of the molecule is N=Cc1cnn(C2CC(F)(F)C2)c1. The second-order valence-electron chi connectivity index (χ2n) is 3.32. The van der Waals surface area contributed by atoms with Crippen LogP contribution < -0.4 is 0 Å². The van der Waals surface area contributed by atoms with Gasteiger partial charge >= 0.3 is 0 Å². The number of hydrogen-bond acceptors (Lipinski definition) is 2. The normalized spacial score (nSPS) is 21.1. The molecular formula is C8H9F2N3. The molecule has 1 saturated carbocycles. The molecule has 0 radical (unpaired) electrons. The van der Waals surface area contributed by atoms with Crippen molar-refractivity contribution in [3.63, 3.8) is 0 Å². The molecule has 0 saturated heterocycles. The minimum Gasteiger partial charge on any atom is -0.308 e. The predicted molar refractivity (Wildman–Crippen MR) is 43.3 cm³/mol. The van der Waals surface area contributed by atoms with Gasteiger partial charge in [0.05, 0.1) is 12.2 Å². The van der Waals surface area contributed by atoms with Gasteiger partial charge in [-0.1, -0.05) is 0 Å². The summed E-state index contributed by atoms with van der Waals surface area (Å²) in [5.41, 5.74) is 0.648. The number of nitrogens with zero attached hydrogens (tertiary/aromatic N) is 2. The Bertz CT molecular complexity index is 324. The average Bonchev–Trinajstić information content (AvgIpc) is 2.47. The number of rotatable bonds is 2. The maximum atomic E-state index is 12.5. The van der Waals surface area contributed by atoms with Crippen molar-refractivity contribution in [2.24, 2.45) is 0 Å². The summed E-state index contributed by atoms with van der Waals surface area (Å²) in [5, 5.41) is 10.8. The smallest absolute Gasteiger partial charge is 0.252 e. The van der Waals surface area contributed by atoms with Crippen molar-refractivity contribution < 1.29 is 8.78 Å². The summed E-state index contributed by atoms with van der Waals surface area (Å²) in [7, 11) is 0. The van der Waals surface area contributed by atoms with Crippen LogP contribution in [0, 0.1) is 5.41 Å². The summed E-state index contributed by atoms with van der Waals surface area (Å²) >= 11 is 0. The van der Waals surface area contributed by atoms with Crippen LogP contribution in [0.5, 0.6) is 0 Å². The molecule has 0 aromatic carbocycles.